The van der Waals surface area contributed by atoms with Gasteiger partial charge >= 0.3 is 0 Å². The second-order valence-corrected chi connectivity index (χ2v) is 6.13. The molecule has 4 nitrogen and oxygen atoms in total. The van der Waals surface area contributed by atoms with Crippen molar-refractivity contribution in [2.75, 3.05) is 13.2 Å². The minimum atomic E-state index is -3.90. The molecule has 7 heteroatoms. The monoisotopic (exact) mass is 328 g/mol. The van der Waals surface area contributed by atoms with Crippen LogP contribution in [0.15, 0.2) is 47.4 Å². The van der Waals surface area contributed by atoms with Gasteiger partial charge in [-0.15, -0.1) is 0 Å². The van der Waals surface area contributed by atoms with Gasteiger partial charge in [0.1, 0.15) is 19.0 Å². The zero-order valence-electron chi connectivity index (χ0n) is 11.8. The van der Waals surface area contributed by atoms with Crippen LogP contribution in [0, 0.1) is 18.6 Å². The van der Waals surface area contributed by atoms with Crippen LogP contribution in [0.3, 0.4) is 0 Å². The number of halogens is 2. The van der Waals surface area contributed by atoms with Crippen LogP contribution in [0.4, 0.5) is 8.78 Å². The first-order valence-electron chi connectivity index (χ1n) is 6.42. The Bertz CT molecular complexity index is 743. The van der Waals surface area contributed by atoms with Crippen LogP contribution < -0.4 is 4.74 Å². The van der Waals surface area contributed by atoms with Gasteiger partial charge < -0.3 is 4.74 Å². The molecule has 0 amide bonds. The zero-order valence-corrected chi connectivity index (χ0v) is 12.6. The summed E-state index contributed by atoms with van der Waals surface area (Å²) in [5.74, 6) is -1.68. The van der Waals surface area contributed by atoms with E-state index in [1.54, 1.807) is 12.1 Å². The van der Waals surface area contributed by atoms with Crippen molar-refractivity contribution < 1.29 is 26.1 Å². The smallest absolute Gasteiger partial charge is 0.297 e. The van der Waals surface area contributed by atoms with Crippen LogP contribution in [0.2, 0.25) is 0 Å². The van der Waals surface area contributed by atoms with Crippen molar-refractivity contribution in [2.45, 2.75) is 11.8 Å². The van der Waals surface area contributed by atoms with Crippen molar-refractivity contribution >= 4 is 10.1 Å². The minimum absolute atomic E-state index is 0.0232. The van der Waals surface area contributed by atoms with Gasteiger partial charge in [-0.05, 0) is 31.2 Å². The topological polar surface area (TPSA) is 52.6 Å². The maximum Gasteiger partial charge on any atom is 0.297 e. The second-order valence-electron chi connectivity index (χ2n) is 4.51. The molecule has 0 aromatic heterocycles. The van der Waals surface area contributed by atoms with E-state index in [1.807, 2.05) is 6.92 Å². The molecule has 0 fully saturated rings. The van der Waals surface area contributed by atoms with Crippen LogP contribution in [0.1, 0.15) is 5.56 Å². The van der Waals surface area contributed by atoms with Gasteiger partial charge in [0, 0.05) is 6.07 Å². The van der Waals surface area contributed by atoms with E-state index in [1.165, 1.54) is 12.1 Å². The van der Waals surface area contributed by atoms with Crippen molar-refractivity contribution in [1.82, 2.24) is 0 Å². The fourth-order valence-corrected chi connectivity index (χ4v) is 2.55. The van der Waals surface area contributed by atoms with Gasteiger partial charge in [0.25, 0.3) is 10.1 Å². The summed E-state index contributed by atoms with van der Waals surface area (Å²) in [5, 5.41) is 0. The highest BCUT2D eigenvalue weighted by molar-refractivity contribution is 7.86. The normalized spacial score (nSPS) is 11.4. The fraction of sp³-hybridized carbons (Fsp3) is 0.200. The third-order valence-electron chi connectivity index (χ3n) is 2.78. The number of hydrogen-bond acceptors (Lipinski definition) is 4. The lowest BCUT2D eigenvalue weighted by molar-refractivity contribution is 0.214. The molecular weight excluding hydrogens is 314 g/mol. The molecule has 0 saturated carbocycles. The van der Waals surface area contributed by atoms with Gasteiger partial charge in [-0.2, -0.15) is 8.42 Å². The lowest BCUT2D eigenvalue weighted by atomic mass is 10.2. The van der Waals surface area contributed by atoms with Crippen molar-refractivity contribution in [2.24, 2.45) is 0 Å². The highest BCUT2D eigenvalue weighted by Crippen LogP contribution is 2.18. The van der Waals surface area contributed by atoms with Gasteiger partial charge in [0.2, 0.25) is 0 Å². The van der Waals surface area contributed by atoms with Crippen LogP contribution in [0.25, 0.3) is 0 Å². The molecule has 0 aliphatic heterocycles. The summed E-state index contributed by atoms with van der Waals surface area (Å²) in [6, 6.07) is 8.91. The molecule has 0 aliphatic carbocycles. The fourth-order valence-electron chi connectivity index (χ4n) is 1.66. The Kier molecular flexibility index (Phi) is 5.10. The Morgan fingerprint density at radius 2 is 1.68 bits per heavy atom. The van der Waals surface area contributed by atoms with E-state index >= 15 is 0 Å². The molecule has 2 aromatic carbocycles. The van der Waals surface area contributed by atoms with Crippen LogP contribution in [-0.2, 0) is 14.3 Å². The van der Waals surface area contributed by atoms with Gasteiger partial charge in [-0.3, -0.25) is 4.18 Å². The molecule has 2 rings (SSSR count). The van der Waals surface area contributed by atoms with E-state index in [-0.39, 0.29) is 23.9 Å². The number of aryl methyl sites for hydroxylation is 1. The standard InChI is InChI=1S/C15H14F2O4S/c1-11-2-5-13(6-3-11)22(18,19)21-9-8-20-15-10-12(16)4-7-14(15)17/h2-7,10H,8-9H2,1H3. The van der Waals surface area contributed by atoms with Gasteiger partial charge in [-0.25, -0.2) is 8.78 Å². The lowest BCUT2D eigenvalue weighted by Crippen LogP contribution is -2.13. The van der Waals surface area contributed by atoms with Gasteiger partial charge in [-0.1, -0.05) is 17.7 Å². The summed E-state index contributed by atoms with van der Waals surface area (Å²) in [6.07, 6.45) is 0. The SMILES string of the molecule is Cc1ccc(S(=O)(=O)OCCOc2cc(F)ccc2F)cc1. The van der Waals surface area contributed by atoms with Crippen molar-refractivity contribution in [1.29, 1.82) is 0 Å². The molecule has 0 aliphatic rings. The molecule has 22 heavy (non-hydrogen) atoms. The van der Waals surface area contributed by atoms with Gasteiger partial charge in [0.05, 0.1) is 4.90 Å². The molecule has 0 atom stereocenters. The maximum absolute atomic E-state index is 13.3. The first kappa shape index (κ1) is 16.4. The Balaban J connectivity index is 1.90. The van der Waals surface area contributed by atoms with Crippen molar-refractivity contribution in [3.8, 4) is 5.75 Å². The highest BCUT2D eigenvalue weighted by atomic mass is 32.2. The van der Waals surface area contributed by atoms with Crippen molar-refractivity contribution in [3.63, 3.8) is 0 Å². The second kappa shape index (κ2) is 6.85. The molecule has 0 unspecified atom stereocenters. The average molecular weight is 328 g/mol. The molecule has 0 bridgehead atoms. The third kappa shape index (κ3) is 4.25. The van der Waals surface area contributed by atoms with E-state index in [2.05, 4.69) is 0 Å². The minimum Gasteiger partial charge on any atom is -0.488 e. The largest absolute Gasteiger partial charge is 0.488 e. The van der Waals surface area contributed by atoms with E-state index in [0.29, 0.717) is 0 Å². The Morgan fingerprint density at radius 3 is 2.36 bits per heavy atom. The molecular formula is C15H14F2O4S. The molecule has 0 saturated heterocycles. The van der Waals surface area contributed by atoms with Crippen LogP contribution in [-0.4, -0.2) is 21.6 Å². The zero-order chi connectivity index (χ0) is 16.2. The molecule has 2 aromatic rings. The predicted octanol–water partition coefficient (Wildman–Crippen LogP) is 3.06. The first-order valence-corrected chi connectivity index (χ1v) is 7.83. The number of benzene rings is 2. The maximum atomic E-state index is 13.3. The molecule has 0 N–H and O–H groups in total. The summed E-state index contributed by atoms with van der Waals surface area (Å²) in [5.41, 5.74) is 0.920. The highest BCUT2D eigenvalue weighted by Gasteiger charge is 2.15. The Labute approximate surface area is 127 Å². The van der Waals surface area contributed by atoms with Crippen molar-refractivity contribution in [3.05, 3.63) is 59.7 Å². The summed E-state index contributed by atoms with van der Waals surface area (Å²) in [7, 11) is -3.90. The molecule has 0 heterocycles. The predicted molar refractivity (Wildman–Crippen MR) is 76.2 cm³/mol. The summed E-state index contributed by atoms with van der Waals surface area (Å²) in [6.45, 7) is 1.29. The summed E-state index contributed by atoms with van der Waals surface area (Å²) < 4.78 is 59.7. The number of ether oxygens (including phenoxy) is 1. The summed E-state index contributed by atoms with van der Waals surface area (Å²) >= 11 is 0. The molecule has 0 spiro atoms. The van der Waals surface area contributed by atoms with E-state index in [4.69, 9.17) is 8.92 Å². The van der Waals surface area contributed by atoms with Crippen LogP contribution >= 0.6 is 0 Å². The Morgan fingerprint density at radius 1 is 1.00 bits per heavy atom. The Hall–Kier alpha value is -1.99. The van der Waals surface area contributed by atoms with Crippen LogP contribution in [0.5, 0.6) is 5.75 Å². The molecule has 0 radical (unpaired) electrons. The van der Waals surface area contributed by atoms with Gasteiger partial charge in [0.15, 0.2) is 11.6 Å². The number of rotatable bonds is 6. The molecule has 118 valence electrons. The number of hydrogen-bond donors (Lipinski definition) is 0. The lowest BCUT2D eigenvalue weighted by Gasteiger charge is -2.08. The van der Waals surface area contributed by atoms with E-state index in [9.17, 15) is 17.2 Å². The quantitative estimate of drug-likeness (QED) is 0.604. The average Bonchev–Trinajstić information content (AvgIpc) is 2.47. The van der Waals surface area contributed by atoms with E-state index < -0.39 is 21.8 Å². The first-order chi connectivity index (χ1) is 10.4. The van der Waals surface area contributed by atoms with E-state index in [0.717, 1.165) is 23.8 Å². The third-order valence-corrected chi connectivity index (χ3v) is 4.11. The summed E-state index contributed by atoms with van der Waals surface area (Å²) in [4.78, 5) is 0.0232.